The van der Waals surface area contributed by atoms with Gasteiger partial charge in [0, 0.05) is 28.4 Å². The summed E-state index contributed by atoms with van der Waals surface area (Å²) in [6.07, 6.45) is 0.364. The lowest BCUT2D eigenvalue weighted by Gasteiger charge is -2.16. The fourth-order valence-electron chi connectivity index (χ4n) is 1.88. The molecule has 1 aromatic carbocycles. The first-order valence-corrected chi connectivity index (χ1v) is 8.44. The molecule has 0 spiro atoms. The van der Waals surface area contributed by atoms with Crippen LogP contribution in [0.25, 0.3) is 0 Å². The molecule has 0 aliphatic carbocycles. The first kappa shape index (κ1) is 17.0. The fraction of sp³-hybridized carbons (Fsp3) is 0.154. The second-order valence-corrected chi connectivity index (χ2v) is 6.77. The second kappa shape index (κ2) is 6.80. The topological polar surface area (TPSA) is 105 Å². The van der Waals surface area contributed by atoms with Crippen molar-refractivity contribution in [2.24, 2.45) is 5.14 Å². The van der Waals surface area contributed by atoms with Gasteiger partial charge in [-0.1, -0.05) is 29.3 Å². The Bertz CT molecular complexity index is 764. The van der Waals surface area contributed by atoms with Crippen molar-refractivity contribution in [3.63, 3.8) is 0 Å². The zero-order chi connectivity index (χ0) is 16.3. The molecular formula is C13H13Cl2N3O3S. The number of aromatic nitrogens is 1. The molecule has 0 bridgehead atoms. The van der Waals surface area contributed by atoms with Crippen molar-refractivity contribution in [1.82, 2.24) is 4.98 Å². The van der Waals surface area contributed by atoms with Crippen molar-refractivity contribution < 1.29 is 13.5 Å². The Balaban J connectivity index is 2.21. The number of nitrogens with one attached hydrogen (secondary N) is 1. The predicted octanol–water partition coefficient (Wildman–Crippen LogP) is 2.18. The van der Waals surface area contributed by atoms with Crippen LogP contribution in [0.4, 0.5) is 5.82 Å². The summed E-state index contributed by atoms with van der Waals surface area (Å²) in [5.74, 6) is 0.0484. The minimum atomic E-state index is -3.92. The molecule has 1 atom stereocenters. The summed E-state index contributed by atoms with van der Waals surface area (Å²) in [5, 5.41) is 18.7. The number of primary sulfonamides is 1. The maximum absolute atomic E-state index is 11.5. The summed E-state index contributed by atoms with van der Waals surface area (Å²) in [5.41, 5.74) is 0.353. The quantitative estimate of drug-likeness (QED) is 0.756. The highest BCUT2D eigenvalue weighted by atomic mass is 35.5. The van der Waals surface area contributed by atoms with Crippen LogP contribution < -0.4 is 10.5 Å². The standard InChI is InChI=1S/C13H13Cl2N3O3S/c14-8-3-1-4-9(15)12(8)10(19)7-18-13-11(22(16,20)21)5-2-6-17-13/h1-6,10,19H,7H2,(H,17,18)(H2,16,20,21). The van der Waals surface area contributed by atoms with Gasteiger partial charge in [0.25, 0.3) is 0 Å². The first-order valence-electron chi connectivity index (χ1n) is 6.14. The van der Waals surface area contributed by atoms with Gasteiger partial charge in [-0.3, -0.25) is 0 Å². The van der Waals surface area contributed by atoms with E-state index < -0.39 is 16.1 Å². The number of sulfonamides is 1. The fourth-order valence-corrected chi connectivity index (χ4v) is 3.19. The number of pyridine rings is 1. The summed E-state index contributed by atoms with van der Waals surface area (Å²) < 4.78 is 22.9. The average molecular weight is 362 g/mol. The predicted molar refractivity (Wildman–Crippen MR) is 85.5 cm³/mol. The molecule has 1 unspecified atom stereocenters. The van der Waals surface area contributed by atoms with E-state index in [2.05, 4.69) is 10.3 Å². The van der Waals surface area contributed by atoms with Gasteiger partial charge in [0.2, 0.25) is 10.0 Å². The lowest BCUT2D eigenvalue weighted by Crippen LogP contribution is -2.19. The Hall–Kier alpha value is -1.38. The minimum Gasteiger partial charge on any atom is -0.386 e. The van der Waals surface area contributed by atoms with E-state index in [-0.39, 0.29) is 17.3 Å². The minimum absolute atomic E-state index is 0.0387. The molecule has 0 radical (unpaired) electrons. The number of benzene rings is 1. The summed E-state index contributed by atoms with van der Waals surface area (Å²) >= 11 is 12.0. The maximum atomic E-state index is 11.5. The third-order valence-corrected chi connectivity index (χ3v) is 4.47. The molecule has 0 aliphatic heterocycles. The van der Waals surface area contributed by atoms with Crippen LogP contribution >= 0.6 is 23.2 Å². The number of aliphatic hydroxyl groups excluding tert-OH is 1. The van der Waals surface area contributed by atoms with Crippen molar-refractivity contribution in [1.29, 1.82) is 0 Å². The molecule has 2 rings (SSSR count). The van der Waals surface area contributed by atoms with Crippen LogP contribution in [0, 0.1) is 0 Å². The molecule has 0 saturated heterocycles. The van der Waals surface area contributed by atoms with E-state index in [1.54, 1.807) is 18.2 Å². The Morgan fingerprint density at radius 2 is 1.86 bits per heavy atom. The summed E-state index contributed by atoms with van der Waals surface area (Å²) in [6, 6.07) is 7.63. The lowest BCUT2D eigenvalue weighted by atomic mass is 10.1. The average Bonchev–Trinajstić information content (AvgIpc) is 2.44. The second-order valence-electron chi connectivity index (χ2n) is 4.43. The highest BCUT2D eigenvalue weighted by molar-refractivity contribution is 7.89. The number of hydrogen-bond acceptors (Lipinski definition) is 5. The van der Waals surface area contributed by atoms with Gasteiger partial charge in [-0.15, -0.1) is 0 Å². The van der Waals surface area contributed by atoms with E-state index in [9.17, 15) is 13.5 Å². The number of aliphatic hydroxyl groups is 1. The number of anilines is 1. The van der Waals surface area contributed by atoms with Crippen LogP contribution in [0.5, 0.6) is 0 Å². The Morgan fingerprint density at radius 1 is 1.23 bits per heavy atom. The molecule has 118 valence electrons. The highest BCUT2D eigenvalue weighted by Gasteiger charge is 2.18. The Labute approximate surface area is 137 Å². The molecule has 0 fully saturated rings. The molecule has 0 saturated carbocycles. The molecule has 1 heterocycles. The molecular weight excluding hydrogens is 349 g/mol. The molecule has 6 nitrogen and oxygen atoms in total. The van der Waals surface area contributed by atoms with Crippen LogP contribution in [-0.4, -0.2) is 25.1 Å². The molecule has 0 aliphatic rings. The summed E-state index contributed by atoms with van der Waals surface area (Å²) in [4.78, 5) is 3.75. The van der Waals surface area contributed by atoms with E-state index in [1.165, 1.54) is 18.3 Å². The van der Waals surface area contributed by atoms with Crippen molar-refractivity contribution in [2.75, 3.05) is 11.9 Å². The number of rotatable bonds is 5. The van der Waals surface area contributed by atoms with Crippen LogP contribution in [0.3, 0.4) is 0 Å². The molecule has 4 N–H and O–H groups in total. The smallest absolute Gasteiger partial charge is 0.241 e. The van der Waals surface area contributed by atoms with Gasteiger partial charge < -0.3 is 10.4 Å². The Morgan fingerprint density at radius 3 is 2.45 bits per heavy atom. The van der Waals surface area contributed by atoms with Crippen molar-refractivity contribution in [2.45, 2.75) is 11.0 Å². The van der Waals surface area contributed by atoms with E-state index >= 15 is 0 Å². The van der Waals surface area contributed by atoms with Crippen LogP contribution in [0.2, 0.25) is 10.0 Å². The lowest BCUT2D eigenvalue weighted by molar-refractivity contribution is 0.191. The monoisotopic (exact) mass is 361 g/mol. The number of halogens is 2. The van der Waals surface area contributed by atoms with Gasteiger partial charge in [0.1, 0.15) is 10.7 Å². The Kier molecular flexibility index (Phi) is 5.25. The van der Waals surface area contributed by atoms with Crippen molar-refractivity contribution in [3.8, 4) is 0 Å². The normalized spacial score (nSPS) is 12.9. The van der Waals surface area contributed by atoms with Crippen LogP contribution in [-0.2, 0) is 10.0 Å². The summed E-state index contributed by atoms with van der Waals surface area (Å²) in [6.45, 7) is -0.0387. The maximum Gasteiger partial charge on any atom is 0.241 e. The van der Waals surface area contributed by atoms with Gasteiger partial charge >= 0.3 is 0 Å². The van der Waals surface area contributed by atoms with Crippen molar-refractivity contribution >= 4 is 39.0 Å². The van der Waals surface area contributed by atoms with E-state index in [4.69, 9.17) is 28.3 Å². The third-order valence-electron chi connectivity index (χ3n) is 2.87. The van der Waals surface area contributed by atoms with E-state index in [0.717, 1.165) is 0 Å². The van der Waals surface area contributed by atoms with Crippen LogP contribution in [0.1, 0.15) is 11.7 Å². The zero-order valence-electron chi connectivity index (χ0n) is 11.2. The number of nitrogens with two attached hydrogens (primary N) is 1. The van der Waals surface area contributed by atoms with Gasteiger partial charge in [-0.2, -0.15) is 0 Å². The molecule has 0 amide bonds. The number of nitrogens with zero attached hydrogens (tertiary/aromatic N) is 1. The van der Waals surface area contributed by atoms with Crippen molar-refractivity contribution in [3.05, 3.63) is 52.1 Å². The highest BCUT2D eigenvalue weighted by Crippen LogP contribution is 2.30. The summed E-state index contributed by atoms with van der Waals surface area (Å²) in [7, 11) is -3.92. The SMILES string of the molecule is NS(=O)(=O)c1cccnc1NCC(O)c1c(Cl)cccc1Cl. The number of hydrogen-bond donors (Lipinski definition) is 3. The van der Waals surface area contributed by atoms with Gasteiger partial charge in [-0.05, 0) is 24.3 Å². The molecule has 22 heavy (non-hydrogen) atoms. The first-order chi connectivity index (χ1) is 10.3. The van der Waals surface area contributed by atoms with E-state index in [0.29, 0.717) is 15.6 Å². The molecule has 9 heteroatoms. The largest absolute Gasteiger partial charge is 0.386 e. The zero-order valence-corrected chi connectivity index (χ0v) is 13.5. The van der Waals surface area contributed by atoms with Gasteiger partial charge in [-0.25, -0.2) is 18.5 Å². The van der Waals surface area contributed by atoms with E-state index in [1.807, 2.05) is 0 Å². The molecule has 2 aromatic rings. The third kappa shape index (κ3) is 3.88. The van der Waals surface area contributed by atoms with Gasteiger partial charge in [0.15, 0.2) is 0 Å². The molecule has 1 aromatic heterocycles. The van der Waals surface area contributed by atoms with Crippen LogP contribution in [0.15, 0.2) is 41.4 Å². The van der Waals surface area contributed by atoms with Gasteiger partial charge in [0.05, 0.1) is 6.10 Å².